The first-order chi connectivity index (χ1) is 12.3. The molecule has 1 aromatic carbocycles. The van der Waals surface area contributed by atoms with Gasteiger partial charge < -0.3 is 18.1 Å². The predicted molar refractivity (Wildman–Crippen MR) is 105 cm³/mol. The third kappa shape index (κ3) is 6.58. The van der Waals surface area contributed by atoms with Crippen molar-refractivity contribution < 1.29 is 27.2 Å². The van der Waals surface area contributed by atoms with Gasteiger partial charge in [-0.05, 0) is 45.4 Å². The van der Waals surface area contributed by atoms with Gasteiger partial charge in [0.25, 0.3) is 5.52 Å². The van der Waals surface area contributed by atoms with Crippen molar-refractivity contribution in [2.75, 3.05) is 26.4 Å². The molecule has 26 heavy (non-hydrogen) atoms. The van der Waals surface area contributed by atoms with Gasteiger partial charge in [-0.25, -0.2) is 0 Å². The van der Waals surface area contributed by atoms with E-state index in [1.807, 2.05) is 0 Å². The van der Waals surface area contributed by atoms with Crippen molar-refractivity contribution in [3.8, 4) is 0 Å². The molecule has 10 heteroatoms. The summed E-state index contributed by atoms with van der Waals surface area (Å²) in [5.41, 5.74) is -0.796. The number of benzene rings is 1. The van der Waals surface area contributed by atoms with E-state index in [0.29, 0.717) is 10.6 Å². The second-order valence-corrected chi connectivity index (χ2v) is 9.94. The van der Waals surface area contributed by atoms with Gasteiger partial charge in [-0.3, -0.25) is 14.1 Å². The van der Waals surface area contributed by atoms with Crippen LogP contribution in [0.4, 0.5) is 0 Å². The number of hydrogen-bond acceptors (Lipinski definition) is 7. The fourth-order valence-corrected chi connectivity index (χ4v) is 7.10. The molecule has 0 unspecified atom stereocenters. The van der Waals surface area contributed by atoms with Crippen LogP contribution >= 0.6 is 26.8 Å². The van der Waals surface area contributed by atoms with E-state index in [1.54, 1.807) is 52.0 Å². The molecule has 0 N–H and O–H groups in total. The monoisotopic (exact) mass is 425 g/mol. The molecular weight excluding hydrogens is 400 g/mol. The van der Waals surface area contributed by atoms with Gasteiger partial charge in [0, 0.05) is 11.2 Å². The number of nitrogens with zero attached hydrogens (tertiary/aromatic N) is 1. The van der Waals surface area contributed by atoms with E-state index in [2.05, 4.69) is 4.99 Å². The van der Waals surface area contributed by atoms with E-state index < -0.39 is 20.7 Å². The summed E-state index contributed by atoms with van der Waals surface area (Å²) < 4.78 is 47.9. The molecule has 148 valence electrons. The van der Waals surface area contributed by atoms with Crippen LogP contribution in [0.25, 0.3) is 0 Å². The summed E-state index contributed by atoms with van der Waals surface area (Å²) in [6.45, 7) is 7.03. The minimum absolute atomic E-state index is 0.0959. The maximum absolute atomic E-state index is 13.3. The summed E-state index contributed by atoms with van der Waals surface area (Å²) in [6, 6.07) is 6.88. The smallest absolute Gasteiger partial charge is 0.307 e. The lowest BCUT2D eigenvalue weighted by molar-refractivity contribution is 0.196. The molecule has 0 amide bonds. The highest BCUT2D eigenvalue weighted by molar-refractivity contribution is 7.72. The van der Waals surface area contributed by atoms with Gasteiger partial charge in [0.05, 0.1) is 26.4 Å². The summed E-state index contributed by atoms with van der Waals surface area (Å²) >= 11 is 5.97. The minimum Gasteiger partial charge on any atom is -0.307 e. The molecule has 0 spiro atoms. The van der Waals surface area contributed by atoms with Crippen molar-refractivity contribution in [2.45, 2.75) is 33.2 Å². The molecule has 0 bridgehead atoms. The Kier molecular flexibility index (Phi) is 10.3. The zero-order chi connectivity index (χ0) is 19.6. The molecule has 0 aliphatic heterocycles. The van der Waals surface area contributed by atoms with Gasteiger partial charge in [-0.15, -0.1) is 0 Å². The van der Waals surface area contributed by atoms with E-state index >= 15 is 0 Å². The molecule has 0 aromatic heterocycles. The summed E-state index contributed by atoms with van der Waals surface area (Å²) in [7, 11) is -7.81. The van der Waals surface area contributed by atoms with E-state index in [1.165, 1.54) is 6.21 Å². The maximum Gasteiger partial charge on any atom is 0.367 e. The van der Waals surface area contributed by atoms with Gasteiger partial charge in [-0.1, -0.05) is 23.7 Å². The van der Waals surface area contributed by atoms with Crippen LogP contribution in [0, 0.1) is 0 Å². The quantitative estimate of drug-likeness (QED) is 0.321. The fraction of sp³-hybridized carbons (Fsp3) is 0.562. The van der Waals surface area contributed by atoms with Gasteiger partial charge in [0.1, 0.15) is 0 Å². The fourth-order valence-electron chi connectivity index (χ4n) is 2.14. The standard InChI is InChI=1S/C16H26ClNO6P2/c1-5-21-25(19,22-6-2)16(26(20,23-7-3)24-8-4)18-13-14-10-9-11-15(17)12-14/h9-13,16H,5-8H2,1-4H3. The van der Waals surface area contributed by atoms with Gasteiger partial charge in [-0.2, -0.15) is 0 Å². The first-order valence-corrected chi connectivity index (χ1v) is 12.0. The Balaban J connectivity index is 3.39. The number of aliphatic imine (C=N–C) groups is 1. The van der Waals surface area contributed by atoms with Crippen molar-refractivity contribution in [2.24, 2.45) is 4.99 Å². The Hall–Kier alpha value is -0.520. The highest BCUT2D eigenvalue weighted by atomic mass is 35.5. The molecule has 0 aliphatic carbocycles. The van der Waals surface area contributed by atoms with Crippen LogP contribution in [0.5, 0.6) is 0 Å². The Morgan fingerprint density at radius 1 is 0.962 bits per heavy atom. The van der Waals surface area contributed by atoms with E-state index in [0.717, 1.165) is 0 Å². The Morgan fingerprint density at radius 2 is 1.42 bits per heavy atom. The molecule has 0 fully saturated rings. The predicted octanol–water partition coefficient (Wildman–Crippen LogP) is 5.57. The number of hydrogen-bond donors (Lipinski definition) is 0. The first kappa shape index (κ1) is 23.5. The zero-order valence-corrected chi connectivity index (χ0v) is 18.0. The molecule has 0 saturated carbocycles. The maximum atomic E-state index is 13.3. The van der Waals surface area contributed by atoms with E-state index in [4.69, 9.17) is 29.7 Å². The van der Waals surface area contributed by atoms with Gasteiger partial charge >= 0.3 is 15.2 Å². The summed E-state index contributed by atoms with van der Waals surface area (Å²) in [5, 5.41) is 0.515. The highest BCUT2D eigenvalue weighted by Gasteiger charge is 2.51. The van der Waals surface area contributed by atoms with E-state index in [-0.39, 0.29) is 26.4 Å². The first-order valence-electron chi connectivity index (χ1n) is 8.41. The molecule has 0 radical (unpaired) electrons. The van der Waals surface area contributed by atoms with E-state index in [9.17, 15) is 9.13 Å². The van der Waals surface area contributed by atoms with Crippen LogP contribution in [-0.4, -0.2) is 38.2 Å². The number of halogens is 1. The second kappa shape index (κ2) is 11.4. The zero-order valence-electron chi connectivity index (χ0n) is 15.5. The topological polar surface area (TPSA) is 83.4 Å². The minimum atomic E-state index is -3.90. The average molecular weight is 426 g/mol. The van der Waals surface area contributed by atoms with Crippen LogP contribution in [0.2, 0.25) is 5.02 Å². The molecule has 0 saturated heterocycles. The normalized spacial score (nSPS) is 13.0. The molecule has 0 atom stereocenters. The lowest BCUT2D eigenvalue weighted by Gasteiger charge is -2.28. The third-order valence-electron chi connectivity index (χ3n) is 3.01. The van der Waals surface area contributed by atoms with Crippen molar-refractivity contribution in [1.82, 2.24) is 0 Å². The van der Waals surface area contributed by atoms with Crippen molar-refractivity contribution >= 4 is 33.0 Å². The summed E-state index contributed by atoms with van der Waals surface area (Å²) in [4.78, 5) is 4.24. The molecule has 0 heterocycles. The Morgan fingerprint density at radius 3 is 1.81 bits per heavy atom. The molecular formula is C16H26ClNO6P2. The highest BCUT2D eigenvalue weighted by Crippen LogP contribution is 2.70. The molecule has 1 rings (SSSR count). The average Bonchev–Trinajstić information content (AvgIpc) is 2.55. The number of rotatable bonds is 12. The van der Waals surface area contributed by atoms with Crippen LogP contribution in [-0.2, 0) is 27.2 Å². The van der Waals surface area contributed by atoms with Crippen LogP contribution in [0.1, 0.15) is 33.3 Å². The molecule has 7 nitrogen and oxygen atoms in total. The molecule has 1 aromatic rings. The van der Waals surface area contributed by atoms with Gasteiger partial charge in [0.15, 0.2) is 0 Å². The van der Waals surface area contributed by atoms with Crippen LogP contribution < -0.4 is 0 Å². The Labute approximate surface area is 160 Å². The lowest BCUT2D eigenvalue weighted by Crippen LogP contribution is -2.16. The lowest BCUT2D eigenvalue weighted by atomic mass is 10.2. The van der Waals surface area contributed by atoms with Crippen molar-refractivity contribution in [1.29, 1.82) is 0 Å². The van der Waals surface area contributed by atoms with Crippen molar-refractivity contribution in [3.05, 3.63) is 34.9 Å². The summed E-state index contributed by atoms with van der Waals surface area (Å²) in [6.07, 6.45) is 1.41. The van der Waals surface area contributed by atoms with Crippen LogP contribution in [0.3, 0.4) is 0 Å². The van der Waals surface area contributed by atoms with Crippen LogP contribution in [0.15, 0.2) is 29.3 Å². The van der Waals surface area contributed by atoms with Gasteiger partial charge in [0.2, 0.25) is 0 Å². The SMILES string of the molecule is CCOP(=O)(OCC)C(N=Cc1cccc(Cl)c1)P(=O)(OCC)OCC. The second-order valence-electron chi connectivity index (χ2n) is 4.93. The third-order valence-corrected chi connectivity index (χ3v) is 8.81. The summed E-state index contributed by atoms with van der Waals surface area (Å²) in [5.74, 6) is 0. The largest absolute Gasteiger partial charge is 0.367 e. The Bertz CT molecular complexity index is 634. The molecule has 0 aliphatic rings. The van der Waals surface area contributed by atoms with Crippen molar-refractivity contribution in [3.63, 3.8) is 0 Å².